The molecule has 0 fully saturated rings. The molecule has 0 aliphatic rings. The molecule has 0 amide bonds. The van der Waals surface area contributed by atoms with Crippen molar-refractivity contribution in [3.05, 3.63) is 6.04 Å². The van der Waals surface area contributed by atoms with Gasteiger partial charge in [0.15, 0.2) is 6.19 Å². The second-order valence-electron chi connectivity index (χ2n) is 1.72. The van der Waals surface area contributed by atoms with Gasteiger partial charge < -0.3 is 4.90 Å². The van der Waals surface area contributed by atoms with Crippen molar-refractivity contribution < 1.29 is 5.11 Å². The van der Waals surface area contributed by atoms with Crippen LogP contribution in [0.15, 0.2) is 0 Å². The smallest absolute Gasteiger partial charge is 0.179 e. The van der Waals surface area contributed by atoms with Crippen LogP contribution in [0, 0.1) is 17.5 Å². The van der Waals surface area contributed by atoms with Gasteiger partial charge in [-0.1, -0.05) is 0 Å². The summed E-state index contributed by atoms with van der Waals surface area (Å²) in [5.74, 6) is 0. The summed E-state index contributed by atoms with van der Waals surface area (Å²) in [6.07, 6.45) is 1.90. The number of rotatable bonds is 3. The molecule has 0 aromatic rings. The third-order valence-electron chi connectivity index (χ3n) is 1.11. The van der Waals surface area contributed by atoms with Crippen LogP contribution in [0.3, 0.4) is 0 Å². The third kappa shape index (κ3) is 2.34. The first-order chi connectivity index (χ1) is 4.26. The van der Waals surface area contributed by atoms with Gasteiger partial charge >= 0.3 is 0 Å². The second-order valence-corrected chi connectivity index (χ2v) is 1.72. The minimum absolute atomic E-state index is 0.290. The van der Waals surface area contributed by atoms with Crippen LogP contribution in [0.2, 0.25) is 0 Å². The molecule has 0 saturated carbocycles. The fourth-order valence-electron chi connectivity index (χ4n) is 0.504. The zero-order chi connectivity index (χ0) is 7.28. The van der Waals surface area contributed by atoms with E-state index in [0.717, 1.165) is 0 Å². The fourth-order valence-corrected chi connectivity index (χ4v) is 0.504. The van der Waals surface area contributed by atoms with Gasteiger partial charge in [0, 0.05) is 6.54 Å². The maximum Gasteiger partial charge on any atom is 0.179 e. The average molecular weight is 126 g/mol. The van der Waals surface area contributed by atoms with Crippen LogP contribution < -0.4 is 0 Å². The van der Waals surface area contributed by atoms with Gasteiger partial charge in [-0.05, 0) is 13.8 Å². The van der Waals surface area contributed by atoms with Crippen LogP contribution in [0.25, 0.3) is 0 Å². The Morgan fingerprint density at radius 2 is 2.33 bits per heavy atom. The van der Waals surface area contributed by atoms with Gasteiger partial charge in [-0.15, -0.1) is 0 Å². The molecule has 2 radical (unpaired) electrons. The molecule has 0 rings (SSSR count). The van der Waals surface area contributed by atoms with Gasteiger partial charge in [0.2, 0.25) is 0 Å². The molecule has 0 saturated heterocycles. The molecule has 0 aromatic heterocycles. The highest BCUT2D eigenvalue weighted by molar-refractivity contribution is 4.91. The fraction of sp³-hybridized carbons (Fsp3) is 0.667. The Balaban J connectivity index is 3.68. The largest absolute Gasteiger partial charge is 0.300 e. The molecular weight excluding hydrogens is 116 g/mol. The summed E-state index contributed by atoms with van der Waals surface area (Å²) in [6, 6.07) is 0.583. The maximum atomic E-state index is 10.2. The molecule has 3 heteroatoms. The maximum absolute atomic E-state index is 10.2. The minimum atomic E-state index is -0.290. The molecule has 0 bridgehead atoms. The van der Waals surface area contributed by atoms with Crippen LogP contribution in [0.1, 0.15) is 13.8 Å². The quantitative estimate of drug-likeness (QED) is 0.414. The van der Waals surface area contributed by atoms with Gasteiger partial charge in [0.05, 0.1) is 6.04 Å². The van der Waals surface area contributed by atoms with Gasteiger partial charge in [-0.25, -0.2) is 5.11 Å². The van der Waals surface area contributed by atoms with E-state index in [-0.39, 0.29) is 6.61 Å². The molecule has 9 heavy (non-hydrogen) atoms. The van der Waals surface area contributed by atoms with Gasteiger partial charge in [-0.3, -0.25) is 0 Å². The summed E-state index contributed by atoms with van der Waals surface area (Å²) in [5, 5.41) is 18.5. The van der Waals surface area contributed by atoms with Gasteiger partial charge in [0.25, 0.3) is 0 Å². The van der Waals surface area contributed by atoms with Crippen LogP contribution >= 0.6 is 0 Å². The summed E-state index contributed by atoms with van der Waals surface area (Å²) >= 11 is 0. The number of nitriles is 1. The summed E-state index contributed by atoms with van der Waals surface area (Å²) in [5.41, 5.74) is 0. The first-order valence-corrected chi connectivity index (χ1v) is 2.84. The zero-order valence-electron chi connectivity index (χ0n) is 5.72. The Kier molecular flexibility index (Phi) is 3.81. The Labute approximate surface area is 55.5 Å². The molecule has 0 unspecified atom stereocenters. The van der Waals surface area contributed by atoms with Crippen molar-refractivity contribution in [1.82, 2.24) is 4.90 Å². The Morgan fingerprint density at radius 3 is 2.44 bits per heavy atom. The van der Waals surface area contributed by atoms with Crippen LogP contribution in [-0.2, 0) is 5.11 Å². The molecule has 0 spiro atoms. The SMILES string of the molecule is CCN(C#N)[C](C)C[O]. The molecule has 0 aliphatic heterocycles. The van der Waals surface area contributed by atoms with Crippen LogP contribution in [0.5, 0.6) is 0 Å². The minimum Gasteiger partial charge on any atom is -0.300 e. The van der Waals surface area contributed by atoms with Crippen molar-refractivity contribution in [2.24, 2.45) is 0 Å². The molecule has 50 valence electrons. The molecule has 3 nitrogen and oxygen atoms in total. The summed E-state index contributed by atoms with van der Waals surface area (Å²) < 4.78 is 0. The molecule has 0 N–H and O–H groups in total. The molecule has 0 aromatic carbocycles. The van der Waals surface area contributed by atoms with E-state index in [1.165, 1.54) is 4.90 Å². The van der Waals surface area contributed by atoms with Gasteiger partial charge in [0.1, 0.15) is 6.61 Å². The van der Waals surface area contributed by atoms with Crippen molar-refractivity contribution in [1.29, 1.82) is 5.26 Å². The van der Waals surface area contributed by atoms with Crippen molar-refractivity contribution in [3.63, 3.8) is 0 Å². The van der Waals surface area contributed by atoms with E-state index in [1.54, 1.807) is 6.92 Å². The predicted molar refractivity (Wildman–Crippen MR) is 32.5 cm³/mol. The highest BCUT2D eigenvalue weighted by Gasteiger charge is 2.08. The normalized spacial score (nSPS) is 9.22. The van der Waals surface area contributed by atoms with E-state index in [1.807, 2.05) is 13.1 Å². The third-order valence-corrected chi connectivity index (χ3v) is 1.11. The predicted octanol–water partition coefficient (Wildman–Crippen LogP) is 0.772. The summed E-state index contributed by atoms with van der Waals surface area (Å²) in [4.78, 5) is 1.38. The molecule has 0 heterocycles. The first-order valence-electron chi connectivity index (χ1n) is 2.84. The van der Waals surface area contributed by atoms with E-state index in [0.29, 0.717) is 12.6 Å². The summed E-state index contributed by atoms with van der Waals surface area (Å²) in [7, 11) is 0. The van der Waals surface area contributed by atoms with Crippen LogP contribution in [0.4, 0.5) is 0 Å². The van der Waals surface area contributed by atoms with Crippen molar-refractivity contribution in [2.75, 3.05) is 13.2 Å². The lowest BCUT2D eigenvalue weighted by Crippen LogP contribution is -2.23. The van der Waals surface area contributed by atoms with Crippen molar-refractivity contribution >= 4 is 0 Å². The van der Waals surface area contributed by atoms with E-state index in [4.69, 9.17) is 5.26 Å². The topological polar surface area (TPSA) is 46.9 Å². The standard InChI is InChI=1S/C6H10N2O/c1-3-8(5-7)6(2)4-9/h3-4H2,1-2H3. The van der Waals surface area contributed by atoms with E-state index in [2.05, 4.69) is 0 Å². The monoisotopic (exact) mass is 126 g/mol. The average Bonchev–Trinajstić information content (AvgIpc) is 1.90. The number of hydrogen-bond acceptors (Lipinski definition) is 2. The summed E-state index contributed by atoms with van der Waals surface area (Å²) in [6.45, 7) is 3.80. The molecule has 0 aliphatic carbocycles. The van der Waals surface area contributed by atoms with Crippen molar-refractivity contribution in [3.8, 4) is 6.19 Å². The Hall–Kier alpha value is -0.750. The second kappa shape index (κ2) is 4.16. The number of hydrogen-bond donors (Lipinski definition) is 0. The Morgan fingerprint density at radius 1 is 1.78 bits per heavy atom. The van der Waals surface area contributed by atoms with E-state index >= 15 is 0 Å². The van der Waals surface area contributed by atoms with E-state index < -0.39 is 0 Å². The highest BCUT2D eigenvalue weighted by atomic mass is 16.3. The molecular formula is C6H10N2O. The Bertz CT molecular complexity index is 108. The van der Waals surface area contributed by atoms with Crippen molar-refractivity contribution in [2.45, 2.75) is 13.8 Å². The number of likely N-dealkylation sites (N-methyl/N-ethyl adjacent to an activating group) is 1. The molecule has 0 atom stereocenters. The number of nitrogens with zero attached hydrogens (tertiary/aromatic N) is 2. The lowest BCUT2D eigenvalue weighted by Gasteiger charge is -2.16. The van der Waals surface area contributed by atoms with E-state index in [9.17, 15) is 5.11 Å². The zero-order valence-corrected chi connectivity index (χ0v) is 5.72. The van der Waals surface area contributed by atoms with Gasteiger partial charge in [-0.2, -0.15) is 5.26 Å². The lowest BCUT2D eigenvalue weighted by atomic mass is 10.3. The lowest BCUT2D eigenvalue weighted by molar-refractivity contribution is 0.171. The van der Waals surface area contributed by atoms with Crippen LogP contribution in [-0.4, -0.2) is 18.1 Å². The first kappa shape index (κ1) is 8.25. The highest BCUT2D eigenvalue weighted by Crippen LogP contribution is 2.02.